The summed E-state index contributed by atoms with van der Waals surface area (Å²) in [6.45, 7) is -0.843. The molecule has 0 unspecified atom stereocenters. The van der Waals surface area contributed by atoms with Crippen molar-refractivity contribution in [3.8, 4) is 0 Å². The fourth-order valence-corrected chi connectivity index (χ4v) is 1.82. The summed E-state index contributed by atoms with van der Waals surface area (Å²) in [7, 11) is 1.17. The minimum atomic E-state index is -5.09. The quantitative estimate of drug-likeness (QED) is 0.441. The monoisotopic (exact) mass is 241 g/mol. The topological polar surface area (TPSA) is 81.0 Å². The van der Waals surface area contributed by atoms with E-state index in [1.807, 2.05) is 0 Å². The first-order valence-electron chi connectivity index (χ1n) is 4.58. The molecule has 0 radical (unpaired) electrons. The number of halogens is 3. The largest absolute Gasteiger partial charge is 0.471 e. The lowest BCUT2D eigenvalue weighted by Gasteiger charge is -2.28. The van der Waals surface area contributed by atoms with Crippen molar-refractivity contribution < 1.29 is 33.3 Å². The minimum Gasteiger partial charge on any atom is -0.394 e. The van der Waals surface area contributed by atoms with E-state index in [-0.39, 0.29) is 4.90 Å². The van der Waals surface area contributed by atoms with Crippen LogP contribution in [0.1, 0.15) is 0 Å². The number of aliphatic hydroxyl groups is 3. The second-order valence-corrected chi connectivity index (χ2v) is 3.68. The smallest absolute Gasteiger partial charge is 0.394 e. The van der Waals surface area contributed by atoms with Crippen LogP contribution in [0.5, 0.6) is 0 Å². The highest BCUT2D eigenvalue weighted by Gasteiger charge is 2.54. The first kappa shape index (κ1) is 13.3. The highest BCUT2D eigenvalue weighted by molar-refractivity contribution is 6.14. The van der Waals surface area contributed by atoms with Gasteiger partial charge in [-0.25, -0.2) is 0 Å². The van der Waals surface area contributed by atoms with Crippen molar-refractivity contribution in [1.29, 1.82) is 0 Å². The van der Waals surface area contributed by atoms with Crippen LogP contribution < -0.4 is 0 Å². The second-order valence-electron chi connectivity index (χ2n) is 3.68. The third-order valence-corrected chi connectivity index (χ3v) is 2.70. The predicted molar refractivity (Wildman–Crippen MR) is 48.1 cm³/mol. The van der Waals surface area contributed by atoms with Crippen molar-refractivity contribution in [2.45, 2.75) is 30.4 Å². The molecule has 4 atom stereocenters. The van der Waals surface area contributed by atoms with E-state index in [2.05, 4.69) is 0 Å². The normalized spacial score (nSPS) is 35.5. The Balaban J connectivity index is 2.98. The fraction of sp³-hybridized carbons (Fsp3) is 0.857. The van der Waals surface area contributed by atoms with Crippen molar-refractivity contribution >= 4 is 13.8 Å². The molecule has 0 aromatic rings. The van der Waals surface area contributed by atoms with Gasteiger partial charge in [-0.05, 0) is 0 Å². The lowest BCUT2D eigenvalue weighted by atomic mass is 9.91. The van der Waals surface area contributed by atoms with Crippen LogP contribution in [-0.2, 0) is 4.79 Å². The summed E-state index contributed by atoms with van der Waals surface area (Å²) in [6, 6.07) is -1.43. The molecule has 1 rings (SSSR count). The van der Waals surface area contributed by atoms with E-state index in [4.69, 9.17) is 5.11 Å². The van der Waals surface area contributed by atoms with Gasteiger partial charge >= 0.3 is 12.1 Å². The Morgan fingerprint density at radius 2 is 1.81 bits per heavy atom. The number of alkyl halides is 3. The summed E-state index contributed by atoms with van der Waals surface area (Å²) in [6.07, 6.45) is -8.17. The summed E-state index contributed by atoms with van der Waals surface area (Å²) in [5, 5.41) is 27.5. The summed E-state index contributed by atoms with van der Waals surface area (Å²) < 4.78 is 36.6. The van der Waals surface area contributed by atoms with Crippen molar-refractivity contribution in [2.24, 2.45) is 0 Å². The van der Waals surface area contributed by atoms with Gasteiger partial charge in [0.1, 0.15) is 14.0 Å². The molecule has 16 heavy (non-hydrogen) atoms. The Bertz CT molecular complexity index is 287. The Labute approximate surface area is 89.9 Å². The van der Waals surface area contributed by atoms with Gasteiger partial charge in [0.15, 0.2) is 0 Å². The number of carbonyl (C=O) groups is 1. The molecule has 3 N–H and O–H groups in total. The van der Waals surface area contributed by atoms with Gasteiger partial charge in [0.2, 0.25) is 0 Å². The number of hydrogen-bond donors (Lipinski definition) is 3. The third-order valence-electron chi connectivity index (χ3n) is 2.70. The van der Waals surface area contributed by atoms with E-state index in [1.54, 1.807) is 0 Å². The van der Waals surface area contributed by atoms with Gasteiger partial charge in [-0.3, -0.25) is 4.79 Å². The Morgan fingerprint density at radius 1 is 1.31 bits per heavy atom. The molecule has 1 fully saturated rings. The Morgan fingerprint density at radius 3 is 2.19 bits per heavy atom. The zero-order valence-electron chi connectivity index (χ0n) is 8.35. The highest BCUT2D eigenvalue weighted by atomic mass is 19.4. The molecule has 1 saturated heterocycles. The Hall–Kier alpha value is -0.795. The maximum absolute atomic E-state index is 12.2. The van der Waals surface area contributed by atoms with Gasteiger partial charge < -0.3 is 20.2 Å². The van der Waals surface area contributed by atoms with Crippen LogP contribution in [-0.4, -0.2) is 70.9 Å². The predicted octanol–water partition coefficient (Wildman–Crippen LogP) is -2.57. The zero-order chi connectivity index (χ0) is 12.7. The number of nitrogens with zero attached hydrogens (tertiary/aromatic N) is 1. The first-order chi connectivity index (χ1) is 7.21. The number of rotatable bonds is 1. The van der Waals surface area contributed by atoms with Gasteiger partial charge in [0.05, 0.1) is 18.8 Å². The highest BCUT2D eigenvalue weighted by Crippen LogP contribution is 2.29. The summed E-state index contributed by atoms with van der Waals surface area (Å²) in [5.41, 5.74) is 0. The minimum absolute atomic E-state index is 0.273. The molecule has 0 bridgehead atoms. The number of aliphatic hydroxyl groups excluding tert-OH is 3. The van der Waals surface area contributed by atoms with Gasteiger partial charge in [0.25, 0.3) is 0 Å². The van der Waals surface area contributed by atoms with Crippen molar-refractivity contribution in [3.63, 3.8) is 0 Å². The van der Waals surface area contributed by atoms with Crippen molar-refractivity contribution in [3.05, 3.63) is 0 Å². The van der Waals surface area contributed by atoms with Crippen LogP contribution in [0.15, 0.2) is 0 Å². The van der Waals surface area contributed by atoms with Gasteiger partial charge in [0, 0.05) is 5.94 Å². The molecule has 1 aliphatic heterocycles. The molecule has 5 nitrogen and oxygen atoms in total. The van der Waals surface area contributed by atoms with E-state index >= 15 is 0 Å². The van der Waals surface area contributed by atoms with Crippen LogP contribution in [0, 0.1) is 0 Å². The van der Waals surface area contributed by atoms with Gasteiger partial charge in [-0.2, -0.15) is 13.2 Å². The third kappa shape index (κ3) is 2.02. The zero-order valence-corrected chi connectivity index (χ0v) is 8.35. The average molecular weight is 241 g/mol. The molecule has 0 saturated carbocycles. The second kappa shape index (κ2) is 4.23. The lowest BCUT2D eigenvalue weighted by Crippen LogP contribution is -2.51. The number of carbonyl (C=O) groups excluding carboxylic acids is 1. The van der Waals surface area contributed by atoms with Crippen LogP contribution >= 0.6 is 0 Å². The molecule has 9 heteroatoms. The molecular formula is C7H11BF3NO4. The maximum Gasteiger partial charge on any atom is 0.471 e. The molecule has 1 heterocycles. The van der Waals surface area contributed by atoms with Crippen LogP contribution in [0.4, 0.5) is 13.2 Å². The number of amides is 1. The Kier molecular flexibility index (Phi) is 3.51. The van der Waals surface area contributed by atoms with Gasteiger partial charge in [-0.15, -0.1) is 0 Å². The molecule has 92 valence electrons. The van der Waals surface area contributed by atoms with Gasteiger partial charge in [-0.1, -0.05) is 0 Å². The average Bonchev–Trinajstić information content (AvgIpc) is 2.39. The molecule has 0 aliphatic carbocycles. The number of hydrogen-bond acceptors (Lipinski definition) is 4. The summed E-state index contributed by atoms with van der Waals surface area (Å²) in [5.74, 6) is -3.36. The molecule has 1 amide bonds. The van der Waals surface area contributed by atoms with Crippen LogP contribution in [0.3, 0.4) is 0 Å². The van der Waals surface area contributed by atoms with E-state index in [0.717, 1.165) is 0 Å². The van der Waals surface area contributed by atoms with Crippen LogP contribution in [0.25, 0.3) is 0 Å². The maximum atomic E-state index is 12.2. The molecule has 0 aromatic heterocycles. The van der Waals surface area contributed by atoms with Crippen molar-refractivity contribution in [2.75, 3.05) is 6.61 Å². The SMILES string of the molecule is B[C@H]1[C@H](O)[C@H](O)[C@@H](CO)N1C(=O)C(F)(F)F. The summed E-state index contributed by atoms with van der Waals surface area (Å²) >= 11 is 0. The fourth-order valence-electron chi connectivity index (χ4n) is 1.82. The lowest BCUT2D eigenvalue weighted by molar-refractivity contribution is -0.188. The molecule has 1 aliphatic rings. The van der Waals surface area contributed by atoms with Crippen molar-refractivity contribution in [1.82, 2.24) is 4.90 Å². The standard InChI is InChI=1S/C7H11BF3NO4/c8-5-4(15)3(14)2(1-13)12(5)6(16)7(9,10)11/h2-5,13-15H,1,8H2/t2-,3-,4-,5-/m1/s1. The van der Waals surface area contributed by atoms with E-state index in [1.165, 1.54) is 7.85 Å². The molecule has 0 spiro atoms. The van der Waals surface area contributed by atoms with E-state index in [9.17, 15) is 28.2 Å². The first-order valence-corrected chi connectivity index (χ1v) is 4.58. The van der Waals surface area contributed by atoms with Crippen LogP contribution in [0.2, 0.25) is 0 Å². The summed E-state index contributed by atoms with van der Waals surface area (Å²) in [4.78, 5) is 11.3. The number of likely N-dealkylation sites (tertiary alicyclic amines) is 1. The van der Waals surface area contributed by atoms with E-state index in [0.29, 0.717) is 0 Å². The molecular weight excluding hydrogens is 230 g/mol. The molecule has 0 aromatic carbocycles. The van der Waals surface area contributed by atoms with E-state index < -0.39 is 42.9 Å².